The van der Waals surface area contributed by atoms with Gasteiger partial charge in [-0.3, -0.25) is 0 Å². The molecule has 0 spiro atoms. The minimum Gasteiger partial charge on any atom is -0.391 e. The van der Waals surface area contributed by atoms with E-state index in [1.807, 2.05) is 48.9 Å². The number of anilines is 1. The standard InChI is InChI=1S/C18H24N4O2/c1-12-17(13(2)22(20-12)15-7-5-4-6-8-15)19-18(24)21(3)11-16(23)14-9-10-14/h4-8,14,16,23H,9-11H2,1-3H3,(H,19,24). The number of nitrogens with one attached hydrogen (secondary N) is 1. The SMILES string of the molecule is Cc1nn(-c2ccccc2)c(C)c1NC(=O)N(C)CC(O)C1CC1. The Balaban J connectivity index is 1.72. The van der Waals surface area contributed by atoms with Crippen LogP contribution in [-0.2, 0) is 0 Å². The number of para-hydroxylation sites is 1. The third-order valence-electron chi connectivity index (χ3n) is 4.50. The predicted octanol–water partition coefficient (Wildman–Crippen LogP) is 2.72. The number of hydrogen-bond donors (Lipinski definition) is 2. The molecule has 0 bridgehead atoms. The Kier molecular flexibility index (Phi) is 4.57. The van der Waals surface area contributed by atoms with Gasteiger partial charge in [-0.2, -0.15) is 5.10 Å². The largest absolute Gasteiger partial charge is 0.391 e. The molecule has 24 heavy (non-hydrogen) atoms. The van der Waals surface area contributed by atoms with Crippen molar-refractivity contribution in [2.75, 3.05) is 18.9 Å². The van der Waals surface area contributed by atoms with Crippen molar-refractivity contribution in [3.63, 3.8) is 0 Å². The predicted molar refractivity (Wildman–Crippen MR) is 93.4 cm³/mol. The lowest BCUT2D eigenvalue weighted by Gasteiger charge is -2.21. The quantitative estimate of drug-likeness (QED) is 0.886. The average molecular weight is 328 g/mol. The fourth-order valence-electron chi connectivity index (χ4n) is 2.84. The maximum atomic E-state index is 12.4. The van der Waals surface area contributed by atoms with E-state index in [-0.39, 0.29) is 6.03 Å². The zero-order valence-corrected chi connectivity index (χ0v) is 14.4. The summed E-state index contributed by atoms with van der Waals surface area (Å²) in [6.07, 6.45) is 1.67. The molecule has 6 heteroatoms. The van der Waals surface area contributed by atoms with E-state index in [1.54, 1.807) is 7.05 Å². The highest BCUT2D eigenvalue weighted by Crippen LogP contribution is 2.32. The van der Waals surface area contributed by atoms with E-state index in [9.17, 15) is 9.90 Å². The number of carbonyl (C=O) groups is 1. The second kappa shape index (κ2) is 6.65. The molecular formula is C18H24N4O2. The van der Waals surface area contributed by atoms with Crippen LogP contribution in [0.25, 0.3) is 5.69 Å². The fraction of sp³-hybridized carbons (Fsp3) is 0.444. The lowest BCUT2D eigenvalue weighted by atomic mass is 10.2. The van der Waals surface area contributed by atoms with Crippen LogP contribution in [0.2, 0.25) is 0 Å². The molecule has 1 heterocycles. The molecule has 2 amide bonds. The Hall–Kier alpha value is -2.34. The number of aromatic nitrogens is 2. The van der Waals surface area contributed by atoms with Crippen molar-refractivity contribution >= 4 is 11.7 Å². The fourth-order valence-corrected chi connectivity index (χ4v) is 2.84. The van der Waals surface area contributed by atoms with Crippen LogP contribution in [0.5, 0.6) is 0 Å². The molecule has 2 aromatic rings. The number of aliphatic hydroxyl groups is 1. The van der Waals surface area contributed by atoms with Gasteiger partial charge in [-0.15, -0.1) is 0 Å². The third-order valence-corrected chi connectivity index (χ3v) is 4.50. The molecule has 1 fully saturated rings. The molecule has 1 aromatic carbocycles. The molecule has 2 N–H and O–H groups in total. The van der Waals surface area contributed by atoms with Gasteiger partial charge in [0.1, 0.15) is 0 Å². The number of aryl methyl sites for hydroxylation is 1. The van der Waals surface area contributed by atoms with Crippen LogP contribution < -0.4 is 5.32 Å². The van der Waals surface area contributed by atoms with Gasteiger partial charge in [0.15, 0.2) is 0 Å². The number of nitrogens with zero attached hydrogens (tertiary/aromatic N) is 3. The van der Waals surface area contributed by atoms with Crippen LogP contribution in [0.4, 0.5) is 10.5 Å². The van der Waals surface area contributed by atoms with Gasteiger partial charge in [-0.05, 0) is 44.7 Å². The van der Waals surface area contributed by atoms with Crippen molar-refractivity contribution in [2.24, 2.45) is 5.92 Å². The van der Waals surface area contributed by atoms with Gasteiger partial charge in [0.05, 0.1) is 28.9 Å². The van der Waals surface area contributed by atoms with Gasteiger partial charge in [0.25, 0.3) is 0 Å². The summed E-state index contributed by atoms with van der Waals surface area (Å²) < 4.78 is 1.82. The normalized spacial score (nSPS) is 15.2. The molecule has 1 saturated carbocycles. The van der Waals surface area contributed by atoms with Crippen molar-refractivity contribution in [1.29, 1.82) is 0 Å². The second-order valence-corrected chi connectivity index (χ2v) is 6.51. The first kappa shape index (κ1) is 16.5. The van der Waals surface area contributed by atoms with E-state index in [4.69, 9.17) is 0 Å². The van der Waals surface area contributed by atoms with Gasteiger partial charge in [0.2, 0.25) is 0 Å². The summed E-state index contributed by atoms with van der Waals surface area (Å²) in [7, 11) is 1.70. The zero-order chi connectivity index (χ0) is 17.3. The zero-order valence-electron chi connectivity index (χ0n) is 14.4. The Labute approximate surface area is 142 Å². The number of amides is 2. The molecule has 6 nitrogen and oxygen atoms in total. The molecule has 0 saturated heterocycles. The number of likely N-dealkylation sites (N-methyl/N-ethyl adjacent to an activating group) is 1. The Morgan fingerprint density at radius 1 is 1.38 bits per heavy atom. The van der Waals surface area contributed by atoms with Crippen molar-refractivity contribution in [3.8, 4) is 5.69 Å². The summed E-state index contributed by atoms with van der Waals surface area (Å²) in [5.74, 6) is 0.351. The Morgan fingerprint density at radius 2 is 2.04 bits per heavy atom. The van der Waals surface area contributed by atoms with Crippen molar-refractivity contribution in [3.05, 3.63) is 41.7 Å². The maximum Gasteiger partial charge on any atom is 0.321 e. The lowest BCUT2D eigenvalue weighted by molar-refractivity contribution is 0.117. The smallest absolute Gasteiger partial charge is 0.321 e. The lowest BCUT2D eigenvalue weighted by Crippen LogP contribution is -2.38. The summed E-state index contributed by atoms with van der Waals surface area (Å²) in [5, 5.41) is 17.4. The van der Waals surface area contributed by atoms with Gasteiger partial charge in [-0.1, -0.05) is 18.2 Å². The Bertz CT molecular complexity index is 722. The minimum atomic E-state index is -0.435. The van der Waals surface area contributed by atoms with Gasteiger partial charge >= 0.3 is 6.03 Å². The van der Waals surface area contributed by atoms with Crippen LogP contribution in [0.3, 0.4) is 0 Å². The first-order valence-electron chi connectivity index (χ1n) is 8.29. The highest BCUT2D eigenvalue weighted by molar-refractivity contribution is 5.90. The van der Waals surface area contributed by atoms with Crippen LogP contribution in [-0.4, -0.2) is 45.5 Å². The monoisotopic (exact) mass is 328 g/mol. The van der Waals surface area contributed by atoms with Crippen molar-refractivity contribution in [2.45, 2.75) is 32.8 Å². The van der Waals surface area contributed by atoms with E-state index >= 15 is 0 Å². The number of carbonyl (C=O) groups excluding carboxylic acids is 1. The maximum absolute atomic E-state index is 12.4. The molecule has 3 rings (SSSR count). The molecule has 1 aliphatic rings. The Morgan fingerprint density at radius 3 is 2.67 bits per heavy atom. The number of hydrogen-bond acceptors (Lipinski definition) is 3. The van der Waals surface area contributed by atoms with E-state index in [0.29, 0.717) is 12.5 Å². The van der Waals surface area contributed by atoms with Gasteiger partial charge in [-0.25, -0.2) is 9.48 Å². The molecule has 1 unspecified atom stereocenters. The van der Waals surface area contributed by atoms with Crippen LogP contribution in [0, 0.1) is 19.8 Å². The topological polar surface area (TPSA) is 70.4 Å². The summed E-state index contributed by atoms with van der Waals surface area (Å²) in [4.78, 5) is 13.9. The summed E-state index contributed by atoms with van der Waals surface area (Å²) in [5.41, 5.74) is 3.32. The summed E-state index contributed by atoms with van der Waals surface area (Å²) >= 11 is 0. The number of benzene rings is 1. The number of aliphatic hydroxyl groups excluding tert-OH is 1. The van der Waals surface area contributed by atoms with Gasteiger partial charge < -0.3 is 15.3 Å². The summed E-state index contributed by atoms with van der Waals surface area (Å²) in [6, 6.07) is 9.59. The number of urea groups is 1. The molecule has 0 aliphatic heterocycles. The van der Waals surface area contributed by atoms with E-state index in [0.717, 1.165) is 35.6 Å². The van der Waals surface area contributed by atoms with E-state index in [2.05, 4.69) is 10.4 Å². The first-order chi connectivity index (χ1) is 11.5. The number of rotatable bonds is 5. The highest BCUT2D eigenvalue weighted by Gasteiger charge is 2.31. The van der Waals surface area contributed by atoms with Crippen molar-refractivity contribution < 1.29 is 9.90 Å². The molecule has 0 radical (unpaired) electrons. The average Bonchev–Trinajstić information content (AvgIpc) is 3.38. The molecule has 128 valence electrons. The first-order valence-corrected chi connectivity index (χ1v) is 8.29. The van der Waals surface area contributed by atoms with Crippen LogP contribution in [0.1, 0.15) is 24.2 Å². The molecule has 1 atom stereocenters. The molecule has 1 aromatic heterocycles. The third kappa shape index (κ3) is 3.43. The molecular weight excluding hydrogens is 304 g/mol. The second-order valence-electron chi connectivity index (χ2n) is 6.51. The summed E-state index contributed by atoms with van der Waals surface area (Å²) in [6.45, 7) is 4.16. The minimum absolute atomic E-state index is 0.228. The van der Waals surface area contributed by atoms with Crippen molar-refractivity contribution in [1.82, 2.24) is 14.7 Å². The van der Waals surface area contributed by atoms with E-state index in [1.165, 1.54) is 4.90 Å². The van der Waals surface area contributed by atoms with Crippen LogP contribution >= 0.6 is 0 Å². The van der Waals surface area contributed by atoms with Gasteiger partial charge in [0, 0.05) is 13.6 Å². The van der Waals surface area contributed by atoms with E-state index < -0.39 is 6.10 Å². The highest BCUT2D eigenvalue weighted by atomic mass is 16.3. The molecule has 1 aliphatic carbocycles. The van der Waals surface area contributed by atoms with Crippen LogP contribution in [0.15, 0.2) is 30.3 Å².